The highest BCUT2D eigenvalue weighted by molar-refractivity contribution is 5.98. The third-order valence-electron chi connectivity index (χ3n) is 3.10. The molecule has 3 rings (SSSR count). The first kappa shape index (κ1) is 15.6. The summed E-state index contributed by atoms with van der Waals surface area (Å²) in [7, 11) is 0. The second-order valence-corrected chi connectivity index (χ2v) is 4.66. The van der Waals surface area contributed by atoms with Gasteiger partial charge in [-0.3, -0.25) is 14.3 Å². The van der Waals surface area contributed by atoms with E-state index < -0.39 is 23.3 Å². The third kappa shape index (κ3) is 2.81. The van der Waals surface area contributed by atoms with E-state index in [9.17, 15) is 18.0 Å². The van der Waals surface area contributed by atoms with E-state index >= 15 is 0 Å². The van der Waals surface area contributed by atoms with Crippen LogP contribution in [0.2, 0.25) is 0 Å². The average Bonchev–Trinajstić information content (AvgIpc) is 3.08. The van der Waals surface area contributed by atoms with Gasteiger partial charge < -0.3 is 5.73 Å². The Morgan fingerprint density at radius 2 is 2.00 bits per heavy atom. The molecule has 0 radical (unpaired) electrons. The zero-order valence-electron chi connectivity index (χ0n) is 11.9. The molecule has 0 aliphatic carbocycles. The van der Waals surface area contributed by atoms with Crippen molar-refractivity contribution in [2.45, 2.75) is 6.18 Å². The van der Waals surface area contributed by atoms with Gasteiger partial charge in [0.25, 0.3) is 5.91 Å². The van der Waals surface area contributed by atoms with Crippen molar-refractivity contribution in [3.8, 4) is 11.4 Å². The minimum absolute atomic E-state index is 0.207. The molecule has 2 N–H and O–H groups in total. The Balaban J connectivity index is 2.12. The van der Waals surface area contributed by atoms with E-state index in [1.807, 2.05) is 0 Å². The number of hydrogen-bond donors (Lipinski definition) is 1. The maximum Gasteiger partial charge on any atom is 0.418 e. The molecule has 0 atom stereocenters. The summed E-state index contributed by atoms with van der Waals surface area (Å²) < 4.78 is 40.4. The maximum absolute atomic E-state index is 13.1. The number of carbonyl (C=O) groups is 1. The van der Waals surface area contributed by atoms with Crippen molar-refractivity contribution < 1.29 is 18.0 Å². The van der Waals surface area contributed by atoms with Crippen LogP contribution in [0.4, 0.5) is 19.0 Å². The second kappa shape index (κ2) is 5.72. The van der Waals surface area contributed by atoms with Crippen LogP contribution in [0.25, 0.3) is 11.4 Å². The van der Waals surface area contributed by atoms with Crippen LogP contribution in [-0.4, -0.2) is 30.4 Å². The van der Waals surface area contributed by atoms with E-state index in [2.05, 4.69) is 19.9 Å². The normalized spacial score (nSPS) is 11.5. The van der Waals surface area contributed by atoms with Crippen LogP contribution in [0.5, 0.6) is 0 Å². The highest BCUT2D eigenvalue weighted by Gasteiger charge is 2.35. The number of aromatic nitrogens is 5. The fraction of sp³-hybridized carbons (Fsp3) is 0.0714. The Bertz CT molecular complexity index is 892. The number of nitrogens with two attached hydrogens (primary N) is 1. The highest BCUT2D eigenvalue weighted by atomic mass is 19.4. The standard InChI is InChI=1S/C14H9F3N6O/c15-14(16,17)8-2-1-3-20-10(8)9-6-21-12(18)11(22-9)13(24)23-5-4-19-7-23/h1-7H,(H2,18,21). The van der Waals surface area contributed by atoms with Crippen molar-refractivity contribution in [1.82, 2.24) is 24.5 Å². The number of nitrogens with zero attached hydrogens (tertiary/aromatic N) is 5. The van der Waals surface area contributed by atoms with E-state index in [1.165, 1.54) is 24.9 Å². The summed E-state index contributed by atoms with van der Waals surface area (Å²) in [5.74, 6) is -0.870. The van der Waals surface area contributed by atoms with Crippen LogP contribution < -0.4 is 5.73 Å². The Morgan fingerprint density at radius 1 is 1.21 bits per heavy atom. The molecular weight excluding hydrogens is 325 g/mol. The van der Waals surface area contributed by atoms with Crippen molar-refractivity contribution in [2.75, 3.05) is 5.73 Å². The van der Waals surface area contributed by atoms with Crippen LogP contribution in [0.3, 0.4) is 0 Å². The van der Waals surface area contributed by atoms with Crippen molar-refractivity contribution in [2.24, 2.45) is 0 Å². The molecule has 0 aliphatic heterocycles. The van der Waals surface area contributed by atoms with Gasteiger partial charge in [-0.2, -0.15) is 13.2 Å². The van der Waals surface area contributed by atoms with Gasteiger partial charge in [-0.25, -0.2) is 15.0 Å². The van der Waals surface area contributed by atoms with Gasteiger partial charge in [-0.1, -0.05) is 0 Å². The van der Waals surface area contributed by atoms with Gasteiger partial charge in [-0.05, 0) is 12.1 Å². The molecular formula is C14H9F3N6O. The fourth-order valence-electron chi connectivity index (χ4n) is 2.01. The SMILES string of the molecule is Nc1ncc(-c2ncccc2C(F)(F)F)nc1C(=O)n1ccnc1. The number of imidazole rings is 1. The summed E-state index contributed by atoms with van der Waals surface area (Å²) in [5.41, 5.74) is 3.72. The van der Waals surface area contributed by atoms with Crippen molar-refractivity contribution in [3.63, 3.8) is 0 Å². The predicted molar refractivity (Wildman–Crippen MR) is 76.6 cm³/mol. The van der Waals surface area contributed by atoms with Crippen LogP contribution in [0.1, 0.15) is 16.1 Å². The minimum atomic E-state index is -4.62. The van der Waals surface area contributed by atoms with Gasteiger partial charge in [0.1, 0.15) is 17.7 Å². The third-order valence-corrected chi connectivity index (χ3v) is 3.10. The van der Waals surface area contributed by atoms with E-state index in [4.69, 9.17) is 5.73 Å². The lowest BCUT2D eigenvalue weighted by Gasteiger charge is -2.12. The molecule has 10 heteroatoms. The van der Waals surface area contributed by atoms with Crippen LogP contribution >= 0.6 is 0 Å². The first-order chi connectivity index (χ1) is 11.4. The van der Waals surface area contributed by atoms with Crippen molar-refractivity contribution >= 4 is 11.7 Å². The molecule has 0 saturated carbocycles. The number of anilines is 1. The van der Waals surface area contributed by atoms with Gasteiger partial charge in [0.2, 0.25) is 0 Å². The van der Waals surface area contributed by atoms with Crippen LogP contribution in [0, 0.1) is 0 Å². The molecule has 122 valence electrons. The van der Waals surface area contributed by atoms with Gasteiger partial charge in [0.15, 0.2) is 11.5 Å². The number of pyridine rings is 1. The first-order valence-electron chi connectivity index (χ1n) is 6.55. The molecule has 3 aromatic rings. The quantitative estimate of drug-likeness (QED) is 0.770. The van der Waals surface area contributed by atoms with Gasteiger partial charge in [0, 0.05) is 18.6 Å². The summed E-state index contributed by atoms with van der Waals surface area (Å²) in [4.78, 5) is 27.4. The molecule has 0 fully saturated rings. The molecule has 0 saturated heterocycles. The zero-order valence-corrected chi connectivity index (χ0v) is 11.9. The fourth-order valence-corrected chi connectivity index (χ4v) is 2.01. The predicted octanol–water partition coefficient (Wildman–Crippen LogP) is 2.02. The molecule has 0 spiro atoms. The molecule has 3 heterocycles. The average molecular weight is 334 g/mol. The smallest absolute Gasteiger partial charge is 0.382 e. The number of alkyl halides is 3. The topological polar surface area (TPSA) is 99.6 Å². The van der Waals surface area contributed by atoms with Crippen LogP contribution in [-0.2, 0) is 6.18 Å². The van der Waals surface area contributed by atoms with Gasteiger partial charge >= 0.3 is 6.18 Å². The second-order valence-electron chi connectivity index (χ2n) is 4.66. The molecule has 3 aromatic heterocycles. The van der Waals surface area contributed by atoms with E-state index in [0.29, 0.717) is 0 Å². The number of halogens is 3. The molecule has 0 aliphatic rings. The molecule has 24 heavy (non-hydrogen) atoms. The van der Waals surface area contributed by atoms with Gasteiger partial charge in [0.05, 0.1) is 11.8 Å². The lowest BCUT2D eigenvalue weighted by atomic mass is 10.1. The van der Waals surface area contributed by atoms with E-state index in [-0.39, 0.29) is 17.2 Å². The molecule has 0 aromatic carbocycles. The van der Waals surface area contributed by atoms with E-state index in [1.54, 1.807) is 0 Å². The lowest BCUT2D eigenvalue weighted by molar-refractivity contribution is -0.137. The van der Waals surface area contributed by atoms with Gasteiger partial charge in [-0.15, -0.1) is 0 Å². The molecule has 0 unspecified atom stereocenters. The number of nitrogen functional groups attached to an aromatic ring is 1. The monoisotopic (exact) mass is 334 g/mol. The summed E-state index contributed by atoms with van der Waals surface area (Å²) in [5, 5.41) is 0. The largest absolute Gasteiger partial charge is 0.418 e. The maximum atomic E-state index is 13.1. The minimum Gasteiger partial charge on any atom is -0.382 e. The van der Waals surface area contributed by atoms with Crippen LogP contribution in [0.15, 0.2) is 43.2 Å². The summed E-state index contributed by atoms with van der Waals surface area (Å²) >= 11 is 0. The molecule has 0 amide bonds. The van der Waals surface area contributed by atoms with Crippen molar-refractivity contribution in [1.29, 1.82) is 0 Å². The Morgan fingerprint density at radius 3 is 2.67 bits per heavy atom. The summed E-state index contributed by atoms with van der Waals surface area (Å²) in [6.45, 7) is 0. The van der Waals surface area contributed by atoms with Crippen molar-refractivity contribution in [3.05, 3.63) is 54.5 Å². The van der Waals surface area contributed by atoms with E-state index in [0.717, 1.165) is 22.9 Å². The molecule has 0 bridgehead atoms. The Kier molecular flexibility index (Phi) is 3.72. The lowest BCUT2D eigenvalue weighted by Crippen LogP contribution is -2.16. The highest BCUT2D eigenvalue weighted by Crippen LogP contribution is 2.35. The number of carbonyl (C=O) groups excluding carboxylic acids is 1. The Labute approximate surface area is 133 Å². The number of rotatable bonds is 2. The Hall–Kier alpha value is -3.30. The summed E-state index contributed by atoms with van der Waals surface area (Å²) in [6, 6.07) is 2.03. The summed E-state index contributed by atoms with van der Waals surface area (Å²) in [6.07, 6.45) is 1.56. The number of hydrogen-bond acceptors (Lipinski definition) is 6. The zero-order chi connectivity index (χ0) is 17.3. The first-order valence-corrected chi connectivity index (χ1v) is 6.55. The molecule has 7 nitrogen and oxygen atoms in total.